The molecule has 5 nitrogen and oxygen atoms in total. The molecule has 1 aromatic heterocycles. The van der Waals surface area contributed by atoms with Crippen LogP contribution in [-0.2, 0) is 4.74 Å². The second-order valence-corrected chi connectivity index (χ2v) is 5.05. The number of hydrogen-bond acceptors (Lipinski definition) is 5. The fraction of sp³-hybridized carbons (Fsp3) is 0.438. The molecule has 1 fully saturated rings. The van der Waals surface area contributed by atoms with Crippen molar-refractivity contribution in [2.75, 3.05) is 19.7 Å². The van der Waals surface area contributed by atoms with Crippen LogP contribution >= 0.6 is 0 Å². The molecular formula is C16H20N2O3. The van der Waals surface area contributed by atoms with Crippen molar-refractivity contribution >= 4 is 0 Å². The molecule has 2 heterocycles. The zero-order chi connectivity index (χ0) is 14.5. The van der Waals surface area contributed by atoms with Crippen LogP contribution in [0.15, 0.2) is 47.3 Å². The van der Waals surface area contributed by atoms with Gasteiger partial charge in [0.1, 0.15) is 17.6 Å². The van der Waals surface area contributed by atoms with E-state index in [0.29, 0.717) is 6.61 Å². The van der Waals surface area contributed by atoms with E-state index in [-0.39, 0.29) is 18.1 Å². The van der Waals surface area contributed by atoms with Gasteiger partial charge in [0.15, 0.2) is 6.39 Å². The minimum atomic E-state index is -0.0503. The fourth-order valence-electron chi connectivity index (χ4n) is 2.78. The Balaban J connectivity index is 1.82. The predicted molar refractivity (Wildman–Crippen MR) is 78.4 cm³/mol. The lowest BCUT2D eigenvalue weighted by atomic mass is 9.90. The molecule has 1 saturated heterocycles. The fourth-order valence-corrected chi connectivity index (χ4v) is 2.78. The molecule has 1 N–H and O–H groups in total. The van der Waals surface area contributed by atoms with Crippen molar-refractivity contribution in [3.8, 4) is 5.75 Å². The molecule has 0 aliphatic carbocycles. The molecule has 3 rings (SSSR count). The average molecular weight is 288 g/mol. The maximum atomic E-state index is 6.14. The summed E-state index contributed by atoms with van der Waals surface area (Å²) in [6, 6.07) is 9.83. The van der Waals surface area contributed by atoms with Crippen molar-refractivity contribution in [3.05, 3.63) is 48.7 Å². The van der Waals surface area contributed by atoms with Gasteiger partial charge in [0, 0.05) is 19.7 Å². The number of ether oxygens (including phenoxy) is 2. The van der Waals surface area contributed by atoms with Gasteiger partial charge in [-0.25, -0.2) is 4.98 Å². The largest absolute Gasteiger partial charge is 0.488 e. The highest BCUT2D eigenvalue weighted by atomic mass is 16.5. The first-order valence-electron chi connectivity index (χ1n) is 7.31. The van der Waals surface area contributed by atoms with Gasteiger partial charge in [-0.05, 0) is 19.1 Å². The number of hydrogen-bond donors (Lipinski definition) is 1. The standard InChI is InChI=1S/C16H20N2O3/c1-2-19-13-8-17-10-15(16(13)14-9-18-11-20-14)21-12-6-4-3-5-7-12/h3-7,9,11,13,15-17H,2,8,10H2,1H3/t13-,15+,16-/m1/s1. The minimum Gasteiger partial charge on any atom is -0.488 e. The Labute approximate surface area is 124 Å². The number of rotatable bonds is 5. The van der Waals surface area contributed by atoms with Gasteiger partial charge < -0.3 is 19.2 Å². The van der Waals surface area contributed by atoms with Crippen LogP contribution in [0.5, 0.6) is 5.75 Å². The van der Waals surface area contributed by atoms with Crippen LogP contribution in [0.3, 0.4) is 0 Å². The van der Waals surface area contributed by atoms with Crippen LogP contribution in [0, 0.1) is 0 Å². The van der Waals surface area contributed by atoms with Crippen molar-refractivity contribution in [3.63, 3.8) is 0 Å². The van der Waals surface area contributed by atoms with Crippen molar-refractivity contribution < 1.29 is 13.9 Å². The van der Waals surface area contributed by atoms with E-state index in [0.717, 1.165) is 24.6 Å². The Morgan fingerprint density at radius 3 is 2.76 bits per heavy atom. The minimum absolute atomic E-state index is 0.0189. The summed E-state index contributed by atoms with van der Waals surface area (Å²) < 4.78 is 17.5. The van der Waals surface area contributed by atoms with E-state index < -0.39 is 0 Å². The van der Waals surface area contributed by atoms with E-state index >= 15 is 0 Å². The first kappa shape index (κ1) is 14.1. The number of oxazole rings is 1. The zero-order valence-corrected chi connectivity index (χ0v) is 12.1. The van der Waals surface area contributed by atoms with Crippen LogP contribution in [0.4, 0.5) is 0 Å². The highest BCUT2D eigenvalue weighted by molar-refractivity contribution is 5.22. The number of nitrogens with one attached hydrogen (secondary N) is 1. The van der Waals surface area contributed by atoms with Crippen LogP contribution < -0.4 is 10.1 Å². The SMILES string of the molecule is CCO[C@@H]1CNC[C@H](Oc2ccccc2)[C@H]1c1cnco1. The summed E-state index contributed by atoms with van der Waals surface area (Å²) in [7, 11) is 0. The van der Waals surface area contributed by atoms with Crippen molar-refractivity contribution in [2.24, 2.45) is 0 Å². The second-order valence-electron chi connectivity index (χ2n) is 5.05. The Kier molecular flexibility index (Phi) is 4.52. The number of para-hydroxylation sites is 1. The topological polar surface area (TPSA) is 56.5 Å². The second kappa shape index (κ2) is 6.74. The summed E-state index contributed by atoms with van der Waals surface area (Å²) >= 11 is 0. The maximum absolute atomic E-state index is 6.14. The maximum Gasteiger partial charge on any atom is 0.180 e. The molecule has 0 amide bonds. The van der Waals surface area contributed by atoms with Crippen LogP contribution in [0.2, 0.25) is 0 Å². The lowest BCUT2D eigenvalue weighted by molar-refractivity contribution is -0.0182. The van der Waals surface area contributed by atoms with E-state index in [1.54, 1.807) is 6.20 Å². The van der Waals surface area contributed by atoms with Gasteiger partial charge >= 0.3 is 0 Å². The van der Waals surface area contributed by atoms with Gasteiger partial charge in [0.05, 0.1) is 18.2 Å². The predicted octanol–water partition coefficient (Wildman–Crippen LogP) is 2.21. The zero-order valence-electron chi connectivity index (χ0n) is 12.1. The molecule has 0 unspecified atom stereocenters. The Hall–Kier alpha value is -1.85. The van der Waals surface area contributed by atoms with Crippen LogP contribution in [-0.4, -0.2) is 36.9 Å². The summed E-state index contributed by atoms with van der Waals surface area (Å²) in [6.07, 6.45) is 3.18. The normalized spacial score (nSPS) is 25.7. The molecule has 1 aliphatic rings. The third kappa shape index (κ3) is 3.25. The van der Waals surface area contributed by atoms with E-state index in [9.17, 15) is 0 Å². The van der Waals surface area contributed by atoms with E-state index in [4.69, 9.17) is 13.9 Å². The first-order chi connectivity index (χ1) is 10.4. The quantitative estimate of drug-likeness (QED) is 0.914. The van der Waals surface area contributed by atoms with Gasteiger partial charge in [-0.15, -0.1) is 0 Å². The first-order valence-corrected chi connectivity index (χ1v) is 7.31. The van der Waals surface area contributed by atoms with E-state index in [2.05, 4.69) is 10.3 Å². The Morgan fingerprint density at radius 1 is 1.24 bits per heavy atom. The average Bonchev–Trinajstić information content (AvgIpc) is 3.03. The number of nitrogens with zero attached hydrogens (tertiary/aromatic N) is 1. The van der Waals surface area contributed by atoms with Crippen LogP contribution in [0.1, 0.15) is 18.6 Å². The molecular weight excluding hydrogens is 268 g/mol. The highest BCUT2D eigenvalue weighted by Crippen LogP contribution is 2.30. The number of aromatic nitrogens is 1. The summed E-state index contributed by atoms with van der Waals surface area (Å²) in [5, 5.41) is 3.37. The molecule has 1 aliphatic heterocycles. The van der Waals surface area contributed by atoms with Gasteiger partial charge in [0.2, 0.25) is 0 Å². The summed E-state index contributed by atoms with van der Waals surface area (Å²) in [4.78, 5) is 4.04. The third-order valence-electron chi connectivity index (χ3n) is 3.68. The lowest BCUT2D eigenvalue weighted by Gasteiger charge is -2.37. The molecule has 0 bridgehead atoms. The lowest BCUT2D eigenvalue weighted by Crippen LogP contribution is -2.51. The molecule has 21 heavy (non-hydrogen) atoms. The molecule has 0 saturated carbocycles. The molecule has 3 atom stereocenters. The summed E-state index contributed by atoms with van der Waals surface area (Å²) in [5.41, 5.74) is 0. The van der Waals surface area contributed by atoms with Crippen molar-refractivity contribution in [1.29, 1.82) is 0 Å². The van der Waals surface area contributed by atoms with E-state index in [1.807, 2.05) is 37.3 Å². The molecule has 1 aromatic carbocycles. The summed E-state index contributed by atoms with van der Waals surface area (Å²) in [6.45, 7) is 4.20. The molecule has 112 valence electrons. The van der Waals surface area contributed by atoms with Gasteiger partial charge in [-0.3, -0.25) is 0 Å². The molecule has 0 spiro atoms. The molecule has 2 aromatic rings. The van der Waals surface area contributed by atoms with Gasteiger partial charge in [-0.1, -0.05) is 18.2 Å². The monoisotopic (exact) mass is 288 g/mol. The van der Waals surface area contributed by atoms with Crippen molar-refractivity contribution in [1.82, 2.24) is 10.3 Å². The smallest absolute Gasteiger partial charge is 0.180 e. The van der Waals surface area contributed by atoms with Crippen molar-refractivity contribution in [2.45, 2.75) is 25.0 Å². The number of benzene rings is 1. The van der Waals surface area contributed by atoms with Gasteiger partial charge in [-0.2, -0.15) is 0 Å². The summed E-state index contributed by atoms with van der Waals surface area (Å²) in [5.74, 6) is 1.70. The molecule has 0 radical (unpaired) electrons. The Bertz CT molecular complexity index is 528. The third-order valence-corrected chi connectivity index (χ3v) is 3.68. The van der Waals surface area contributed by atoms with Gasteiger partial charge in [0.25, 0.3) is 0 Å². The number of piperidine rings is 1. The highest BCUT2D eigenvalue weighted by Gasteiger charge is 2.38. The van der Waals surface area contributed by atoms with Crippen LogP contribution in [0.25, 0.3) is 0 Å². The van der Waals surface area contributed by atoms with E-state index in [1.165, 1.54) is 6.39 Å². The Morgan fingerprint density at radius 2 is 2.05 bits per heavy atom. The molecule has 5 heteroatoms.